The van der Waals surface area contributed by atoms with Gasteiger partial charge in [-0.3, -0.25) is 14.9 Å². The number of ether oxygens (including phenoxy) is 4. The maximum atomic E-state index is 12.6. The number of methoxy groups -OCH3 is 1. The van der Waals surface area contributed by atoms with Crippen LogP contribution in [-0.2, 0) is 20.7 Å². The van der Waals surface area contributed by atoms with Gasteiger partial charge >= 0.3 is 5.69 Å². The van der Waals surface area contributed by atoms with Gasteiger partial charge in [-0.15, -0.1) is 11.8 Å². The molecule has 2 aromatic carbocycles. The molecule has 4 rings (SSSR count). The van der Waals surface area contributed by atoms with Gasteiger partial charge in [0.15, 0.2) is 17.2 Å². The number of benzene rings is 2. The van der Waals surface area contributed by atoms with Crippen LogP contribution >= 0.6 is 11.8 Å². The number of carbonyl (C=O) groups is 1. The van der Waals surface area contributed by atoms with E-state index in [1.807, 2.05) is 18.2 Å². The number of rotatable bonds is 9. The maximum absolute atomic E-state index is 12.6. The number of hydrogen-bond acceptors (Lipinski definition) is 8. The number of nitrogens with one attached hydrogen (secondary N) is 1. The van der Waals surface area contributed by atoms with E-state index >= 15 is 0 Å². The highest BCUT2D eigenvalue weighted by atomic mass is 32.2. The van der Waals surface area contributed by atoms with Crippen molar-refractivity contribution in [2.45, 2.75) is 24.0 Å². The number of nitrogens with zero attached hydrogens (tertiary/aromatic N) is 1. The van der Waals surface area contributed by atoms with E-state index in [-0.39, 0.29) is 35.3 Å². The summed E-state index contributed by atoms with van der Waals surface area (Å²) in [5.74, 6) is 2.35. The summed E-state index contributed by atoms with van der Waals surface area (Å²) in [5.41, 5.74) is 1.57. The lowest BCUT2D eigenvalue weighted by Gasteiger charge is -2.38. The number of amides is 1. The first kappa shape index (κ1) is 23.2. The molecule has 2 aliphatic heterocycles. The van der Waals surface area contributed by atoms with Gasteiger partial charge in [-0.25, -0.2) is 0 Å². The average Bonchev–Trinajstić information content (AvgIpc) is 3.31. The highest BCUT2D eigenvalue weighted by molar-refractivity contribution is 7.99. The molecule has 176 valence electrons. The van der Waals surface area contributed by atoms with E-state index in [1.54, 1.807) is 12.1 Å². The summed E-state index contributed by atoms with van der Waals surface area (Å²) < 4.78 is 21.6. The van der Waals surface area contributed by atoms with Crippen molar-refractivity contribution in [3.05, 3.63) is 57.6 Å². The number of nitro groups is 1. The highest BCUT2D eigenvalue weighted by Gasteiger charge is 2.36. The summed E-state index contributed by atoms with van der Waals surface area (Å²) >= 11 is 1.41. The summed E-state index contributed by atoms with van der Waals surface area (Å²) in [6.07, 6.45) is 1.60. The molecule has 0 atom stereocenters. The Morgan fingerprint density at radius 1 is 1.18 bits per heavy atom. The zero-order valence-electron chi connectivity index (χ0n) is 18.3. The fourth-order valence-corrected chi connectivity index (χ4v) is 4.91. The first-order chi connectivity index (χ1) is 16.0. The Labute approximate surface area is 195 Å². The van der Waals surface area contributed by atoms with Crippen LogP contribution in [0.25, 0.3) is 0 Å². The van der Waals surface area contributed by atoms with Crippen LogP contribution in [0.5, 0.6) is 17.2 Å². The minimum Gasteiger partial charge on any atom is -0.490 e. The van der Waals surface area contributed by atoms with E-state index in [0.717, 1.165) is 35.5 Å². The lowest BCUT2D eigenvalue weighted by molar-refractivity contribution is -0.385. The normalized spacial score (nSPS) is 16.3. The molecule has 0 radical (unpaired) electrons. The van der Waals surface area contributed by atoms with Crippen molar-refractivity contribution in [2.24, 2.45) is 0 Å². The summed E-state index contributed by atoms with van der Waals surface area (Å²) in [5, 5.41) is 14.3. The first-order valence-corrected chi connectivity index (χ1v) is 11.8. The van der Waals surface area contributed by atoms with Gasteiger partial charge in [0, 0.05) is 37.0 Å². The molecule has 2 aliphatic rings. The highest BCUT2D eigenvalue weighted by Crippen LogP contribution is 2.40. The lowest BCUT2D eigenvalue weighted by Crippen LogP contribution is -2.45. The van der Waals surface area contributed by atoms with Crippen LogP contribution in [0.2, 0.25) is 0 Å². The number of hydrogen-bond donors (Lipinski definition) is 1. The van der Waals surface area contributed by atoms with Crippen LogP contribution in [0.15, 0.2) is 36.4 Å². The van der Waals surface area contributed by atoms with Crippen molar-refractivity contribution < 1.29 is 28.7 Å². The number of thioether (sulfide) groups is 1. The molecule has 1 N–H and O–H groups in total. The number of carbonyl (C=O) groups excluding carboxylic acids is 1. The molecule has 10 heteroatoms. The Balaban J connectivity index is 1.34. The molecular weight excluding hydrogens is 448 g/mol. The van der Waals surface area contributed by atoms with Crippen molar-refractivity contribution >= 4 is 23.4 Å². The maximum Gasteiger partial charge on any atom is 0.311 e. The van der Waals surface area contributed by atoms with Gasteiger partial charge in [-0.2, -0.15) is 0 Å². The Morgan fingerprint density at radius 3 is 2.73 bits per heavy atom. The molecule has 1 amide bonds. The zero-order valence-corrected chi connectivity index (χ0v) is 19.2. The fourth-order valence-electron chi connectivity index (χ4n) is 4.10. The van der Waals surface area contributed by atoms with Crippen molar-refractivity contribution in [1.82, 2.24) is 5.32 Å². The summed E-state index contributed by atoms with van der Waals surface area (Å²) in [4.78, 5) is 23.3. The molecule has 0 spiro atoms. The molecule has 1 fully saturated rings. The largest absolute Gasteiger partial charge is 0.490 e. The van der Waals surface area contributed by atoms with Crippen LogP contribution in [0.3, 0.4) is 0 Å². The Bertz CT molecular complexity index is 1020. The molecule has 2 aromatic rings. The molecular formula is C23H26N2O7S. The molecule has 0 aromatic heterocycles. The van der Waals surface area contributed by atoms with Gasteiger partial charge in [0.25, 0.3) is 0 Å². The molecule has 9 nitrogen and oxygen atoms in total. The Kier molecular flexibility index (Phi) is 7.24. The molecule has 0 bridgehead atoms. The van der Waals surface area contributed by atoms with Crippen LogP contribution in [0.1, 0.15) is 24.0 Å². The van der Waals surface area contributed by atoms with Crippen LogP contribution in [-0.4, -0.2) is 50.2 Å². The van der Waals surface area contributed by atoms with Gasteiger partial charge in [0.1, 0.15) is 0 Å². The predicted molar refractivity (Wildman–Crippen MR) is 123 cm³/mol. The Morgan fingerprint density at radius 2 is 1.97 bits per heavy atom. The molecule has 33 heavy (non-hydrogen) atoms. The average molecular weight is 475 g/mol. The van der Waals surface area contributed by atoms with E-state index in [9.17, 15) is 14.9 Å². The second kappa shape index (κ2) is 10.3. The molecule has 0 unspecified atom stereocenters. The predicted octanol–water partition coefficient (Wildman–Crippen LogP) is 3.43. The standard InChI is InChI=1S/C23H26N2O7S/c1-29-19-4-2-16(10-18(19)25(27)28)12-33-13-22(26)24-14-23(6-8-30-9-7-23)17-3-5-20-21(11-17)32-15-31-20/h2-5,10-11H,6-9,12-15H2,1H3,(H,24,26). The molecule has 1 saturated heterocycles. The second-order valence-corrected chi connectivity index (χ2v) is 8.98. The molecule has 0 aliphatic carbocycles. The summed E-state index contributed by atoms with van der Waals surface area (Å²) in [6.45, 7) is 1.99. The minimum absolute atomic E-state index is 0.0744. The topological polar surface area (TPSA) is 109 Å². The van der Waals surface area contributed by atoms with Gasteiger partial charge in [0.05, 0.1) is 17.8 Å². The second-order valence-electron chi connectivity index (χ2n) is 7.99. The van der Waals surface area contributed by atoms with Crippen LogP contribution < -0.4 is 19.5 Å². The molecule has 0 saturated carbocycles. The third kappa shape index (κ3) is 5.33. The van der Waals surface area contributed by atoms with Crippen molar-refractivity contribution in [3.8, 4) is 17.2 Å². The van der Waals surface area contributed by atoms with Gasteiger partial charge < -0.3 is 24.3 Å². The quantitative estimate of drug-likeness (QED) is 0.435. The van der Waals surface area contributed by atoms with E-state index in [1.165, 1.54) is 24.9 Å². The first-order valence-electron chi connectivity index (χ1n) is 10.6. The van der Waals surface area contributed by atoms with E-state index in [0.29, 0.717) is 25.5 Å². The van der Waals surface area contributed by atoms with E-state index < -0.39 is 4.92 Å². The van der Waals surface area contributed by atoms with Crippen LogP contribution in [0, 0.1) is 10.1 Å². The SMILES string of the molecule is COc1ccc(CSCC(=O)NCC2(c3ccc4c(c3)OCO4)CCOCC2)cc1[N+](=O)[O-]. The number of fused-ring (bicyclic) bond motifs is 1. The van der Waals surface area contributed by atoms with Gasteiger partial charge in [0.2, 0.25) is 12.7 Å². The monoisotopic (exact) mass is 474 g/mol. The van der Waals surface area contributed by atoms with Crippen molar-refractivity contribution in [3.63, 3.8) is 0 Å². The fraction of sp³-hybridized carbons (Fsp3) is 0.435. The smallest absolute Gasteiger partial charge is 0.311 e. The van der Waals surface area contributed by atoms with E-state index in [2.05, 4.69) is 5.32 Å². The van der Waals surface area contributed by atoms with Gasteiger partial charge in [-0.05, 0) is 42.2 Å². The summed E-state index contributed by atoms with van der Waals surface area (Å²) in [6, 6.07) is 10.8. The van der Waals surface area contributed by atoms with Crippen molar-refractivity contribution in [1.29, 1.82) is 0 Å². The third-order valence-electron chi connectivity index (χ3n) is 6.00. The zero-order chi connectivity index (χ0) is 23.3. The molecule has 2 heterocycles. The van der Waals surface area contributed by atoms with Gasteiger partial charge in [-0.1, -0.05) is 12.1 Å². The summed E-state index contributed by atoms with van der Waals surface area (Å²) in [7, 11) is 1.40. The minimum atomic E-state index is -0.469. The van der Waals surface area contributed by atoms with Crippen LogP contribution in [0.4, 0.5) is 5.69 Å². The van der Waals surface area contributed by atoms with Crippen molar-refractivity contribution in [2.75, 3.05) is 39.4 Å². The lowest BCUT2D eigenvalue weighted by atomic mass is 9.74. The third-order valence-corrected chi connectivity index (χ3v) is 7.00. The van der Waals surface area contributed by atoms with E-state index in [4.69, 9.17) is 18.9 Å². The Hall–Kier alpha value is -2.98. The number of nitro benzene ring substituents is 1.